The van der Waals surface area contributed by atoms with E-state index in [4.69, 9.17) is 0 Å². The minimum atomic E-state index is 0.432. The molecule has 0 spiro atoms. The van der Waals surface area contributed by atoms with Crippen LogP contribution in [-0.4, -0.2) is 4.98 Å². The van der Waals surface area contributed by atoms with E-state index in [0.29, 0.717) is 5.41 Å². The van der Waals surface area contributed by atoms with Crippen molar-refractivity contribution in [2.24, 2.45) is 0 Å². The number of aromatic nitrogens is 1. The Morgan fingerprint density at radius 2 is 1.64 bits per heavy atom. The summed E-state index contributed by atoms with van der Waals surface area (Å²) in [6.07, 6.45) is 4.49. The highest BCUT2D eigenvalue weighted by Crippen LogP contribution is 2.46. The molecule has 1 fully saturated rings. The molecule has 1 aromatic heterocycles. The Labute approximate surface area is 88.6 Å². The molecule has 0 atom stereocenters. The van der Waals surface area contributed by atoms with E-state index in [0.717, 1.165) is 0 Å². The zero-order valence-electron chi connectivity index (χ0n) is 10.2. The highest BCUT2D eigenvalue weighted by atomic mass is 14.7. The van der Waals surface area contributed by atoms with Crippen LogP contribution in [0.2, 0.25) is 0 Å². The molecule has 0 amide bonds. The van der Waals surface area contributed by atoms with Crippen LogP contribution in [0.1, 0.15) is 53.2 Å². The smallest absolute Gasteiger partial charge is 0.0462 e. The van der Waals surface area contributed by atoms with Crippen molar-refractivity contribution < 1.29 is 0 Å². The summed E-state index contributed by atoms with van der Waals surface area (Å²) in [4.78, 5) is 4.31. The molecule has 1 heteroatoms. The number of rotatable bonds is 1. The highest BCUT2D eigenvalue weighted by Gasteiger charge is 2.39. The van der Waals surface area contributed by atoms with E-state index in [1.54, 1.807) is 0 Å². The van der Waals surface area contributed by atoms with E-state index < -0.39 is 0 Å². The zero-order chi connectivity index (χ0) is 11.0. The maximum atomic E-state index is 4.31. The van der Waals surface area contributed by atoms with Gasteiger partial charge in [-0.05, 0) is 25.0 Å². The lowest BCUT2D eigenvalue weighted by molar-refractivity contribution is 0.750. The van der Waals surface area contributed by atoms with E-state index >= 15 is 0 Å². The van der Waals surface area contributed by atoms with Gasteiger partial charge in [0.1, 0.15) is 0 Å². The largest absolute Gasteiger partial charge is 0.261 e. The first-order chi connectivity index (χ1) is 6.81. The Bertz CT molecular complexity index is 224. The minimum Gasteiger partial charge on any atom is -0.261 e. The molecule has 1 nitrogen and oxygen atoms in total. The van der Waals surface area contributed by atoms with Gasteiger partial charge in [-0.1, -0.05) is 40.7 Å². The van der Waals surface area contributed by atoms with E-state index in [9.17, 15) is 0 Å². The van der Waals surface area contributed by atoms with Gasteiger partial charge in [0.25, 0.3) is 0 Å². The quantitative estimate of drug-likeness (QED) is 0.652. The molecule has 0 saturated heterocycles. The van der Waals surface area contributed by atoms with Gasteiger partial charge in [-0.3, -0.25) is 4.98 Å². The predicted molar refractivity (Wildman–Crippen MR) is 63.5 cm³/mol. The predicted octanol–water partition coefficient (Wildman–Crippen LogP) is 4.19. The van der Waals surface area contributed by atoms with Crippen LogP contribution in [0.15, 0.2) is 24.4 Å². The molecule has 1 aliphatic carbocycles. The van der Waals surface area contributed by atoms with Crippen LogP contribution in [0.25, 0.3) is 0 Å². The first-order valence-corrected chi connectivity index (χ1v) is 5.73. The lowest BCUT2D eigenvalue weighted by Gasteiger charge is -2.04. The molecule has 1 heterocycles. The topological polar surface area (TPSA) is 12.9 Å². The van der Waals surface area contributed by atoms with Crippen molar-refractivity contribution in [3.63, 3.8) is 0 Å². The van der Waals surface area contributed by atoms with E-state index in [2.05, 4.69) is 24.0 Å². The fourth-order valence-corrected chi connectivity index (χ4v) is 1.16. The maximum Gasteiger partial charge on any atom is 0.0462 e. The molecule has 0 aromatic carbocycles. The molecular weight excluding hydrogens is 170 g/mol. The van der Waals surface area contributed by atoms with Gasteiger partial charge in [-0.15, -0.1) is 0 Å². The third kappa shape index (κ3) is 3.49. The van der Waals surface area contributed by atoms with E-state index in [1.165, 1.54) is 18.5 Å². The van der Waals surface area contributed by atoms with Crippen LogP contribution in [0, 0.1) is 0 Å². The lowest BCUT2D eigenvalue weighted by Crippen LogP contribution is -2.01. The zero-order valence-corrected chi connectivity index (χ0v) is 10.2. The van der Waals surface area contributed by atoms with Crippen LogP contribution in [-0.2, 0) is 5.41 Å². The first-order valence-electron chi connectivity index (χ1n) is 5.73. The Hall–Kier alpha value is -0.850. The fourth-order valence-electron chi connectivity index (χ4n) is 1.16. The average Bonchev–Trinajstić information content (AvgIpc) is 3.05. The van der Waals surface area contributed by atoms with Crippen molar-refractivity contribution in [2.75, 3.05) is 0 Å². The third-order valence-electron chi connectivity index (χ3n) is 2.28. The second-order valence-electron chi connectivity index (χ2n) is 3.28. The van der Waals surface area contributed by atoms with E-state index in [-0.39, 0.29) is 0 Å². The van der Waals surface area contributed by atoms with Crippen molar-refractivity contribution in [1.29, 1.82) is 0 Å². The number of hydrogen-bond acceptors (Lipinski definition) is 1. The summed E-state index contributed by atoms with van der Waals surface area (Å²) >= 11 is 0. The lowest BCUT2D eigenvalue weighted by atomic mass is 10.1. The SMILES string of the molecule is CC.CC.CC1(c2ccccn2)CC1. The van der Waals surface area contributed by atoms with Crippen LogP contribution in [0.3, 0.4) is 0 Å². The number of pyridine rings is 1. The van der Waals surface area contributed by atoms with Crippen LogP contribution in [0.5, 0.6) is 0 Å². The summed E-state index contributed by atoms with van der Waals surface area (Å²) in [5, 5.41) is 0. The summed E-state index contributed by atoms with van der Waals surface area (Å²) in [6.45, 7) is 10.3. The molecule has 1 aromatic rings. The summed E-state index contributed by atoms with van der Waals surface area (Å²) in [7, 11) is 0. The second-order valence-corrected chi connectivity index (χ2v) is 3.28. The molecule has 0 unspecified atom stereocenters. The number of nitrogens with zero attached hydrogens (tertiary/aromatic N) is 1. The van der Waals surface area contributed by atoms with Crippen molar-refractivity contribution >= 4 is 0 Å². The average molecular weight is 193 g/mol. The summed E-state index contributed by atoms with van der Waals surface area (Å²) in [5.74, 6) is 0. The minimum absolute atomic E-state index is 0.432. The van der Waals surface area contributed by atoms with Gasteiger partial charge in [0, 0.05) is 17.3 Å². The summed E-state index contributed by atoms with van der Waals surface area (Å²) in [5.41, 5.74) is 1.69. The van der Waals surface area contributed by atoms with Gasteiger partial charge in [0.05, 0.1) is 0 Å². The Morgan fingerprint density at radius 1 is 1.07 bits per heavy atom. The molecule has 0 aliphatic heterocycles. The summed E-state index contributed by atoms with van der Waals surface area (Å²) in [6, 6.07) is 6.15. The second kappa shape index (κ2) is 6.58. The van der Waals surface area contributed by atoms with Crippen molar-refractivity contribution in [3.8, 4) is 0 Å². The van der Waals surface area contributed by atoms with Gasteiger partial charge in [-0.25, -0.2) is 0 Å². The van der Waals surface area contributed by atoms with Crippen molar-refractivity contribution in [3.05, 3.63) is 30.1 Å². The normalized spacial score (nSPS) is 15.5. The molecule has 14 heavy (non-hydrogen) atoms. The van der Waals surface area contributed by atoms with E-state index in [1.807, 2.05) is 40.0 Å². The molecule has 80 valence electrons. The van der Waals surface area contributed by atoms with Crippen molar-refractivity contribution in [1.82, 2.24) is 4.98 Å². The van der Waals surface area contributed by atoms with Crippen LogP contribution < -0.4 is 0 Å². The highest BCUT2D eigenvalue weighted by molar-refractivity contribution is 5.22. The molecule has 0 bridgehead atoms. The monoisotopic (exact) mass is 193 g/mol. The standard InChI is InChI=1S/C9H11N.2C2H6/c1-9(5-6-9)8-4-2-3-7-10-8;2*1-2/h2-4,7H,5-6H2,1H3;2*1-2H3. The maximum absolute atomic E-state index is 4.31. The Kier molecular flexibility index (Phi) is 6.18. The first kappa shape index (κ1) is 13.2. The van der Waals surface area contributed by atoms with Gasteiger partial charge in [0.2, 0.25) is 0 Å². The molecule has 1 aliphatic rings. The Morgan fingerprint density at radius 3 is 2.00 bits per heavy atom. The van der Waals surface area contributed by atoms with Gasteiger partial charge < -0.3 is 0 Å². The molecule has 1 saturated carbocycles. The fraction of sp³-hybridized carbons (Fsp3) is 0.615. The third-order valence-corrected chi connectivity index (χ3v) is 2.28. The van der Waals surface area contributed by atoms with Crippen molar-refractivity contribution in [2.45, 2.75) is 52.9 Å². The Balaban J connectivity index is 0.000000379. The van der Waals surface area contributed by atoms with Gasteiger partial charge >= 0.3 is 0 Å². The molecule has 0 N–H and O–H groups in total. The molecular formula is C13H23N. The van der Waals surface area contributed by atoms with Gasteiger partial charge in [0.15, 0.2) is 0 Å². The van der Waals surface area contributed by atoms with Gasteiger partial charge in [-0.2, -0.15) is 0 Å². The molecule has 0 radical (unpaired) electrons. The van der Waals surface area contributed by atoms with Crippen LogP contribution in [0.4, 0.5) is 0 Å². The molecule has 2 rings (SSSR count). The summed E-state index contributed by atoms with van der Waals surface area (Å²) < 4.78 is 0. The van der Waals surface area contributed by atoms with Crippen LogP contribution >= 0.6 is 0 Å². The number of hydrogen-bond donors (Lipinski definition) is 0.